The maximum atomic E-state index is 9.47. The fraction of sp³-hybridized carbons (Fsp3) is 0.625. The molecular formula is C16H24O. The Morgan fingerprint density at radius 1 is 1.12 bits per heavy atom. The molecule has 1 nitrogen and oxygen atoms in total. The topological polar surface area (TPSA) is 20.2 Å². The number of aliphatic hydroxyl groups is 1. The minimum Gasteiger partial charge on any atom is -0.396 e. The van der Waals surface area contributed by atoms with Gasteiger partial charge < -0.3 is 5.11 Å². The molecule has 3 atom stereocenters. The van der Waals surface area contributed by atoms with Crippen LogP contribution in [0.1, 0.15) is 39.5 Å². The molecule has 1 heteroatoms. The Balaban J connectivity index is 2.39. The number of hydrogen-bond donors (Lipinski definition) is 1. The molecule has 0 saturated heterocycles. The zero-order chi connectivity index (χ0) is 12.6. The van der Waals surface area contributed by atoms with Crippen molar-refractivity contribution in [3.63, 3.8) is 0 Å². The summed E-state index contributed by atoms with van der Waals surface area (Å²) in [5.74, 6) is 1.66. The van der Waals surface area contributed by atoms with Gasteiger partial charge in [-0.2, -0.15) is 0 Å². The molecule has 1 N–H and O–H groups in total. The summed E-state index contributed by atoms with van der Waals surface area (Å²) < 4.78 is 0. The van der Waals surface area contributed by atoms with Gasteiger partial charge >= 0.3 is 0 Å². The zero-order valence-electron chi connectivity index (χ0n) is 11.1. The monoisotopic (exact) mass is 232 g/mol. The van der Waals surface area contributed by atoms with Crippen molar-refractivity contribution >= 4 is 0 Å². The molecule has 1 saturated carbocycles. The first-order valence-corrected chi connectivity index (χ1v) is 6.85. The van der Waals surface area contributed by atoms with Gasteiger partial charge in [0.25, 0.3) is 0 Å². The van der Waals surface area contributed by atoms with E-state index in [0.717, 1.165) is 19.3 Å². The quantitative estimate of drug-likeness (QED) is 0.763. The van der Waals surface area contributed by atoms with Gasteiger partial charge in [0.2, 0.25) is 0 Å². The molecule has 0 aromatic carbocycles. The maximum absolute atomic E-state index is 9.47. The van der Waals surface area contributed by atoms with Gasteiger partial charge in [-0.3, -0.25) is 0 Å². The Morgan fingerprint density at radius 3 is 2.24 bits per heavy atom. The predicted octanol–water partition coefficient (Wildman–Crippen LogP) is 3.86. The van der Waals surface area contributed by atoms with Crippen LogP contribution in [0, 0.1) is 17.8 Å². The van der Waals surface area contributed by atoms with Crippen molar-refractivity contribution < 1.29 is 5.11 Å². The van der Waals surface area contributed by atoms with Gasteiger partial charge in [-0.25, -0.2) is 0 Å². The van der Waals surface area contributed by atoms with Crippen LogP contribution in [0.2, 0.25) is 0 Å². The first-order valence-electron chi connectivity index (χ1n) is 6.85. The lowest BCUT2D eigenvalue weighted by atomic mass is 9.78. The number of rotatable bonds is 5. The van der Waals surface area contributed by atoms with E-state index >= 15 is 0 Å². The summed E-state index contributed by atoms with van der Waals surface area (Å²) in [5, 5.41) is 9.47. The predicted molar refractivity (Wildman–Crippen MR) is 72.7 cm³/mol. The van der Waals surface area contributed by atoms with Crippen LogP contribution in [0.5, 0.6) is 0 Å². The normalized spacial score (nSPS) is 31.1. The zero-order valence-corrected chi connectivity index (χ0v) is 11.1. The molecule has 94 valence electrons. The molecule has 0 aliphatic heterocycles. The molecule has 2 bridgehead atoms. The van der Waals surface area contributed by atoms with Crippen LogP contribution in [0.4, 0.5) is 0 Å². The summed E-state index contributed by atoms with van der Waals surface area (Å²) >= 11 is 0. The summed E-state index contributed by atoms with van der Waals surface area (Å²) in [6, 6.07) is 0. The molecule has 0 radical (unpaired) electrons. The molecular weight excluding hydrogens is 208 g/mol. The number of fused-ring (bicyclic) bond motifs is 2. The van der Waals surface area contributed by atoms with E-state index < -0.39 is 0 Å². The van der Waals surface area contributed by atoms with Gasteiger partial charge in [0.05, 0.1) is 0 Å². The molecule has 17 heavy (non-hydrogen) atoms. The van der Waals surface area contributed by atoms with Gasteiger partial charge in [0.15, 0.2) is 0 Å². The van der Waals surface area contributed by atoms with E-state index in [4.69, 9.17) is 0 Å². The number of aliphatic hydroxyl groups excluding tert-OH is 1. The van der Waals surface area contributed by atoms with E-state index in [-0.39, 0.29) is 0 Å². The van der Waals surface area contributed by atoms with E-state index in [1.807, 2.05) is 0 Å². The van der Waals surface area contributed by atoms with Crippen LogP contribution in [-0.2, 0) is 0 Å². The van der Waals surface area contributed by atoms with Crippen molar-refractivity contribution in [3.8, 4) is 0 Å². The molecule has 0 amide bonds. The summed E-state index contributed by atoms with van der Waals surface area (Å²) in [6.45, 7) is 13.1. The van der Waals surface area contributed by atoms with Gasteiger partial charge in [-0.15, -0.1) is 0 Å². The van der Waals surface area contributed by atoms with Crippen LogP contribution in [0.25, 0.3) is 0 Å². The van der Waals surface area contributed by atoms with Gasteiger partial charge in [0, 0.05) is 6.61 Å². The second-order valence-electron chi connectivity index (χ2n) is 5.46. The molecule has 0 spiro atoms. The minimum atomic E-state index is 0.327. The van der Waals surface area contributed by atoms with Crippen molar-refractivity contribution in [1.82, 2.24) is 0 Å². The molecule has 2 aliphatic carbocycles. The molecule has 1 fully saturated rings. The Bertz CT molecular complexity index is 375. The average molecular weight is 232 g/mol. The average Bonchev–Trinajstić information content (AvgIpc) is 2.93. The molecule has 2 aliphatic rings. The Kier molecular flexibility index (Phi) is 3.58. The van der Waals surface area contributed by atoms with Crippen LogP contribution >= 0.6 is 0 Å². The van der Waals surface area contributed by atoms with Crippen molar-refractivity contribution in [2.75, 3.05) is 6.61 Å². The first-order chi connectivity index (χ1) is 8.13. The third-order valence-electron chi connectivity index (χ3n) is 4.61. The van der Waals surface area contributed by atoms with Crippen LogP contribution in [-0.4, -0.2) is 11.7 Å². The molecule has 3 unspecified atom stereocenters. The van der Waals surface area contributed by atoms with E-state index in [2.05, 4.69) is 27.0 Å². The summed E-state index contributed by atoms with van der Waals surface area (Å²) in [7, 11) is 0. The van der Waals surface area contributed by atoms with Gasteiger partial charge in [-0.1, -0.05) is 38.2 Å². The van der Waals surface area contributed by atoms with Crippen molar-refractivity contribution in [2.24, 2.45) is 17.8 Å². The van der Waals surface area contributed by atoms with Crippen molar-refractivity contribution in [1.29, 1.82) is 0 Å². The third kappa shape index (κ3) is 1.91. The van der Waals surface area contributed by atoms with Gasteiger partial charge in [0.1, 0.15) is 0 Å². The molecule has 2 rings (SSSR count). The summed E-state index contributed by atoms with van der Waals surface area (Å²) in [4.78, 5) is 0. The smallest absolute Gasteiger partial charge is 0.0465 e. The lowest BCUT2D eigenvalue weighted by Gasteiger charge is -2.28. The minimum absolute atomic E-state index is 0.327. The highest BCUT2D eigenvalue weighted by Crippen LogP contribution is 2.55. The lowest BCUT2D eigenvalue weighted by Crippen LogP contribution is -2.19. The van der Waals surface area contributed by atoms with E-state index in [1.165, 1.54) is 28.7 Å². The fourth-order valence-electron chi connectivity index (χ4n) is 3.65. The number of allylic oxidation sites excluding steroid dienone is 4. The first kappa shape index (κ1) is 12.6. The third-order valence-corrected chi connectivity index (χ3v) is 4.61. The Labute approximate surface area is 105 Å². The molecule has 0 aromatic rings. The van der Waals surface area contributed by atoms with Crippen molar-refractivity contribution in [3.05, 3.63) is 35.5 Å². The highest BCUT2D eigenvalue weighted by Gasteiger charge is 2.45. The van der Waals surface area contributed by atoms with Crippen LogP contribution < -0.4 is 0 Å². The molecule has 0 aromatic heterocycles. The van der Waals surface area contributed by atoms with Crippen molar-refractivity contribution in [2.45, 2.75) is 39.5 Å². The second-order valence-corrected chi connectivity index (χ2v) is 5.46. The summed E-state index contributed by atoms with van der Waals surface area (Å²) in [5.41, 5.74) is 5.50. The lowest BCUT2D eigenvalue weighted by molar-refractivity contribution is 0.202. The van der Waals surface area contributed by atoms with E-state index in [1.54, 1.807) is 0 Å². The Morgan fingerprint density at radius 2 is 1.71 bits per heavy atom. The van der Waals surface area contributed by atoms with E-state index in [9.17, 15) is 5.11 Å². The Hall–Kier alpha value is -0.820. The van der Waals surface area contributed by atoms with Crippen LogP contribution in [0.15, 0.2) is 35.5 Å². The largest absolute Gasteiger partial charge is 0.396 e. The standard InChI is InChI=1S/C16H24O/c1-5-10(3)15-12-7-13(9-17)14(8-12)16(15)11(4)6-2/h12-14,17H,3-9H2,1-2H3. The summed E-state index contributed by atoms with van der Waals surface area (Å²) in [6.07, 6.45) is 4.41. The maximum Gasteiger partial charge on any atom is 0.0465 e. The SMILES string of the molecule is C=C(CC)C1=C(C(=C)CC)C2CC1CC2CO. The second kappa shape index (κ2) is 4.81. The van der Waals surface area contributed by atoms with E-state index in [0.29, 0.717) is 24.4 Å². The highest BCUT2D eigenvalue weighted by atomic mass is 16.3. The van der Waals surface area contributed by atoms with Gasteiger partial charge in [-0.05, 0) is 54.6 Å². The van der Waals surface area contributed by atoms with Crippen LogP contribution in [0.3, 0.4) is 0 Å². The molecule has 0 heterocycles. The number of hydrogen-bond acceptors (Lipinski definition) is 1. The fourth-order valence-corrected chi connectivity index (χ4v) is 3.65. The highest BCUT2D eigenvalue weighted by molar-refractivity contribution is 5.51.